The van der Waals surface area contributed by atoms with E-state index in [1.54, 1.807) is 12.1 Å². The van der Waals surface area contributed by atoms with Gasteiger partial charge in [0.2, 0.25) is 5.75 Å². The van der Waals surface area contributed by atoms with Crippen LogP contribution in [-0.2, 0) is 0 Å². The zero-order valence-corrected chi connectivity index (χ0v) is 11.9. The minimum absolute atomic E-state index is 0.0399. The summed E-state index contributed by atoms with van der Waals surface area (Å²) in [4.78, 5) is 14.5. The molecule has 0 saturated heterocycles. The van der Waals surface area contributed by atoms with Gasteiger partial charge in [-0.15, -0.1) is 0 Å². The summed E-state index contributed by atoms with van der Waals surface area (Å²) in [7, 11) is 0. The predicted octanol–water partition coefficient (Wildman–Crippen LogP) is 3.88. The summed E-state index contributed by atoms with van der Waals surface area (Å²) < 4.78 is 5.45. The molecular weight excluding hydrogens is 296 g/mol. The van der Waals surface area contributed by atoms with Crippen molar-refractivity contribution in [2.75, 3.05) is 0 Å². The fourth-order valence-corrected chi connectivity index (χ4v) is 1.87. The number of nitro benzene ring substituents is 1. The topological polar surface area (TPSA) is 85.5 Å². The lowest BCUT2D eigenvalue weighted by Crippen LogP contribution is -1.99. The van der Waals surface area contributed by atoms with Gasteiger partial charge in [0.15, 0.2) is 0 Å². The van der Waals surface area contributed by atoms with Crippen molar-refractivity contribution in [3.63, 3.8) is 0 Å². The molecule has 110 valence electrons. The Morgan fingerprint density at radius 3 is 2.76 bits per heavy atom. The highest BCUT2D eigenvalue weighted by molar-refractivity contribution is 6.30. The van der Waals surface area contributed by atoms with Crippen LogP contribution in [0.4, 0.5) is 5.69 Å². The van der Waals surface area contributed by atoms with E-state index in [1.165, 1.54) is 24.4 Å². The first-order valence-corrected chi connectivity index (χ1v) is 6.65. The van der Waals surface area contributed by atoms with E-state index in [2.05, 4.69) is 4.98 Å². The third-order valence-electron chi connectivity index (χ3n) is 2.83. The molecule has 0 radical (unpaired) electrons. The van der Waals surface area contributed by atoms with E-state index >= 15 is 0 Å². The molecule has 6 nitrogen and oxygen atoms in total. The summed E-state index contributed by atoms with van der Waals surface area (Å²) in [6.45, 7) is 1.84. The Balaban J connectivity index is 2.26. The Kier molecular flexibility index (Phi) is 4.72. The van der Waals surface area contributed by atoms with Gasteiger partial charge in [-0.05, 0) is 24.6 Å². The van der Waals surface area contributed by atoms with Crippen molar-refractivity contribution >= 4 is 17.3 Å². The number of hydrogen-bond acceptors (Lipinski definition) is 5. The molecule has 0 aliphatic carbocycles. The van der Waals surface area contributed by atoms with Gasteiger partial charge in [-0.1, -0.05) is 18.5 Å². The first-order chi connectivity index (χ1) is 10.0. The van der Waals surface area contributed by atoms with Crippen LogP contribution in [0.15, 0.2) is 36.5 Å². The second-order valence-corrected chi connectivity index (χ2v) is 4.75. The van der Waals surface area contributed by atoms with Crippen LogP contribution in [0.1, 0.15) is 25.1 Å². The van der Waals surface area contributed by atoms with Crippen molar-refractivity contribution in [2.24, 2.45) is 0 Å². The third-order valence-corrected chi connectivity index (χ3v) is 3.07. The standard InChI is InChI=1S/C14H13ClN2O4/c1-2-13(18)11-5-4-10(8-16-11)21-14-7-9(15)3-6-12(14)17(19)20/h3-8,13,18H,2H2,1H3. The summed E-state index contributed by atoms with van der Waals surface area (Å²) in [5, 5.41) is 20.9. The van der Waals surface area contributed by atoms with Gasteiger partial charge >= 0.3 is 5.69 Å². The fourth-order valence-electron chi connectivity index (χ4n) is 1.71. The van der Waals surface area contributed by atoms with Crippen LogP contribution in [0.25, 0.3) is 0 Å². The minimum atomic E-state index is -0.639. The van der Waals surface area contributed by atoms with Crippen molar-refractivity contribution in [2.45, 2.75) is 19.4 Å². The number of nitro groups is 1. The van der Waals surface area contributed by atoms with Gasteiger partial charge in [0.05, 0.1) is 22.9 Å². The minimum Gasteiger partial charge on any atom is -0.448 e. The maximum Gasteiger partial charge on any atom is 0.311 e. The summed E-state index contributed by atoms with van der Waals surface area (Å²) in [6, 6.07) is 7.27. The maximum absolute atomic E-state index is 10.9. The monoisotopic (exact) mass is 308 g/mol. The first kappa shape index (κ1) is 15.2. The molecule has 2 aromatic rings. The normalized spacial score (nSPS) is 12.0. The van der Waals surface area contributed by atoms with Crippen LogP contribution in [0.5, 0.6) is 11.5 Å². The summed E-state index contributed by atoms with van der Waals surface area (Å²) >= 11 is 5.82. The van der Waals surface area contributed by atoms with Crippen LogP contribution >= 0.6 is 11.6 Å². The molecule has 1 aromatic carbocycles. The molecule has 1 N–H and O–H groups in total. The second-order valence-electron chi connectivity index (χ2n) is 4.31. The van der Waals surface area contributed by atoms with Gasteiger partial charge in [-0.2, -0.15) is 0 Å². The summed E-state index contributed by atoms with van der Waals surface area (Å²) in [6.07, 6.45) is 1.31. The molecular formula is C14H13ClN2O4. The number of rotatable bonds is 5. The highest BCUT2D eigenvalue weighted by Gasteiger charge is 2.16. The number of aromatic nitrogens is 1. The van der Waals surface area contributed by atoms with Crippen molar-refractivity contribution in [1.29, 1.82) is 0 Å². The molecule has 21 heavy (non-hydrogen) atoms. The van der Waals surface area contributed by atoms with Crippen LogP contribution in [0.3, 0.4) is 0 Å². The fraction of sp³-hybridized carbons (Fsp3) is 0.214. The largest absolute Gasteiger partial charge is 0.448 e. The Labute approximate surface area is 126 Å². The lowest BCUT2D eigenvalue weighted by Gasteiger charge is -2.09. The summed E-state index contributed by atoms with van der Waals surface area (Å²) in [5.74, 6) is 0.366. The van der Waals surface area contributed by atoms with Gasteiger partial charge < -0.3 is 9.84 Å². The van der Waals surface area contributed by atoms with Gasteiger partial charge in [0.25, 0.3) is 0 Å². The molecule has 7 heteroatoms. The first-order valence-electron chi connectivity index (χ1n) is 6.27. The number of aliphatic hydroxyl groups is 1. The average Bonchev–Trinajstić information content (AvgIpc) is 2.47. The third kappa shape index (κ3) is 3.68. The molecule has 0 amide bonds. The van der Waals surface area contributed by atoms with E-state index in [-0.39, 0.29) is 11.4 Å². The van der Waals surface area contributed by atoms with E-state index in [9.17, 15) is 15.2 Å². The van der Waals surface area contributed by atoms with E-state index in [0.29, 0.717) is 22.9 Å². The van der Waals surface area contributed by atoms with Gasteiger partial charge in [0, 0.05) is 17.2 Å². The van der Waals surface area contributed by atoms with Crippen molar-refractivity contribution in [3.05, 3.63) is 57.4 Å². The molecule has 1 atom stereocenters. The smallest absolute Gasteiger partial charge is 0.311 e. The highest BCUT2D eigenvalue weighted by Crippen LogP contribution is 2.33. The quantitative estimate of drug-likeness (QED) is 0.669. The Bertz CT molecular complexity index is 646. The van der Waals surface area contributed by atoms with Crippen molar-refractivity contribution in [3.8, 4) is 11.5 Å². The summed E-state index contributed by atoms with van der Waals surface area (Å²) in [5.41, 5.74) is 0.336. The number of ether oxygens (including phenoxy) is 1. The van der Waals surface area contributed by atoms with Gasteiger partial charge in [-0.25, -0.2) is 0 Å². The van der Waals surface area contributed by atoms with Crippen molar-refractivity contribution in [1.82, 2.24) is 4.98 Å². The second kappa shape index (κ2) is 6.51. The van der Waals surface area contributed by atoms with E-state index in [4.69, 9.17) is 16.3 Å². The molecule has 1 aromatic heterocycles. The lowest BCUT2D eigenvalue weighted by molar-refractivity contribution is -0.385. The molecule has 0 bridgehead atoms. The Morgan fingerprint density at radius 2 is 2.19 bits per heavy atom. The van der Waals surface area contributed by atoms with E-state index in [1.807, 2.05) is 6.92 Å². The number of hydrogen-bond donors (Lipinski definition) is 1. The van der Waals surface area contributed by atoms with E-state index < -0.39 is 11.0 Å². The zero-order chi connectivity index (χ0) is 15.4. The lowest BCUT2D eigenvalue weighted by atomic mass is 10.2. The van der Waals surface area contributed by atoms with Crippen LogP contribution in [-0.4, -0.2) is 15.0 Å². The molecule has 0 aliphatic heterocycles. The molecule has 0 aliphatic rings. The molecule has 1 unspecified atom stereocenters. The van der Waals surface area contributed by atoms with Crippen LogP contribution < -0.4 is 4.74 Å². The van der Waals surface area contributed by atoms with Crippen LogP contribution in [0.2, 0.25) is 5.02 Å². The molecule has 1 heterocycles. The Morgan fingerprint density at radius 1 is 1.43 bits per heavy atom. The van der Waals surface area contributed by atoms with Crippen molar-refractivity contribution < 1.29 is 14.8 Å². The maximum atomic E-state index is 10.9. The zero-order valence-electron chi connectivity index (χ0n) is 11.2. The predicted molar refractivity (Wildman–Crippen MR) is 77.7 cm³/mol. The molecule has 2 rings (SSSR count). The number of benzene rings is 1. The van der Waals surface area contributed by atoms with Gasteiger partial charge in [0.1, 0.15) is 5.75 Å². The highest BCUT2D eigenvalue weighted by atomic mass is 35.5. The number of nitrogens with zero attached hydrogens (tertiary/aromatic N) is 2. The molecule has 0 fully saturated rings. The van der Waals surface area contributed by atoms with Crippen LogP contribution in [0, 0.1) is 10.1 Å². The number of halogens is 1. The van der Waals surface area contributed by atoms with E-state index in [0.717, 1.165) is 0 Å². The molecule has 0 saturated carbocycles. The SMILES string of the molecule is CCC(O)c1ccc(Oc2cc(Cl)ccc2[N+](=O)[O-])cn1. The number of pyridine rings is 1. The van der Waals surface area contributed by atoms with Gasteiger partial charge in [-0.3, -0.25) is 15.1 Å². The average molecular weight is 309 g/mol. The molecule has 0 spiro atoms. The Hall–Kier alpha value is -2.18. The number of aliphatic hydroxyl groups excluding tert-OH is 1.